The van der Waals surface area contributed by atoms with Crippen molar-refractivity contribution in [1.82, 2.24) is 14.5 Å². The molecule has 0 fully saturated rings. The van der Waals surface area contributed by atoms with Crippen LogP contribution < -0.4 is 16.0 Å². The smallest absolute Gasteiger partial charge is 0.269 e. The van der Waals surface area contributed by atoms with E-state index < -0.39 is 18.0 Å². The normalized spacial score (nSPS) is 12.1. The molecule has 0 bridgehead atoms. The number of halogens is 3. The predicted octanol–water partition coefficient (Wildman–Crippen LogP) is 3.02. The Morgan fingerprint density at radius 2 is 1.88 bits per heavy atom. The number of pyridine rings is 1. The molecule has 0 aliphatic heterocycles. The highest BCUT2D eigenvalue weighted by molar-refractivity contribution is 9.10. The Labute approximate surface area is 191 Å². The predicted molar refractivity (Wildman–Crippen MR) is 115 cm³/mol. The van der Waals surface area contributed by atoms with Crippen molar-refractivity contribution in [2.75, 3.05) is 7.11 Å². The zero-order valence-electron chi connectivity index (χ0n) is 17.3. The summed E-state index contributed by atoms with van der Waals surface area (Å²) in [6.07, 6.45) is 2.22. The van der Waals surface area contributed by atoms with E-state index in [0.717, 1.165) is 12.1 Å². The molecule has 32 heavy (non-hydrogen) atoms. The second kappa shape index (κ2) is 10.7. The first-order chi connectivity index (χ1) is 15.3. The SMILES string of the molecule is COC(N)OCc1cnc(Cn2c(C)cc(OCc3ccc(F)cc3F)c(Br)c2=O)cn1. The molecule has 0 radical (unpaired) electrons. The van der Waals surface area contributed by atoms with Crippen LogP contribution in [0.5, 0.6) is 5.75 Å². The van der Waals surface area contributed by atoms with Crippen LogP contribution in [0.1, 0.15) is 22.6 Å². The lowest BCUT2D eigenvalue weighted by Crippen LogP contribution is -2.26. The van der Waals surface area contributed by atoms with E-state index in [1.165, 1.54) is 23.9 Å². The van der Waals surface area contributed by atoms with Crippen molar-refractivity contribution >= 4 is 15.9 Å². The van der Waals surface area contributed by atoms with Crippen molar-refractivity contribution in [3.05, 3.63) is 85.8 Å². The Balaban J connectivity index is 1.72. The van der Waals surface area contributed by atoms with Crippen LogP contribution in [0.3, 0.4) is 0 Å². The van der Waals surface area contributed by atoms with Crippen molar-refractivity contribution in [2.24, 2.45) is 5.73 Å². The first-order valence-corrected chi connectivity index (χ1v) is 10.2. The van der Waals surface area contributed by atoms with E-state index in [0.29, 0.717) is 17.1 Å². The van der Waals surface area contributed by atoms with E-state index in [4.69, 9.17) is 19.9 Å². The number of nitrogens with two attached hydrogens (primary N) is 1. The van der Waals surface area contributed by atoms with Gasteiger partial charge in [0.15, 0.2) is 0 Å². The Morgan fingerprint density at radius 1 is 1.16 bits per heavy atom. The van der Waals surface area contributed by atoms with E-state index in [9.17, 15) is 13.6 Å². The van der Waals surface area contributed by atoms with E-state index in [1.54, 1.807) is 19.2 Å². The van der Waals surface area contributed by atoms with Gasteiger partial charge in [-0.2, -0.15) is 0 Å². The standard InChI is InChI=1S/C21H21BrF2N4O4/c1-12-5-18(31-10-13-3-4-14(23)6-17(13)24)19(22)20(29)28(12)9-15-7-27-16(8-26-15)11-32-21(25)30-2/h3-8,21H,9-11,25H2,1-2H3. The molecule has 0 saturated carbocycles. The number of hydrogen-bond donors (Lipinski definition) is 1. The average molecular weight is 511 g/mol. The van der Waals surface area contributed by atoms with Gasteiger partial charge in [-0.05, 0) is 35.0 Å². The fraction of sp³-hybridized carbons (Fsp3) is 0.286. The van der Waals surface area contributed by atoms with Crippen LogP contribution >= 0.6 is 15.9 Å². The lowest BCUT2D eigenvalue weighted by atomic mass is 10.2. The summed E-state index contributed by atoms with van der Waals surface area (Å²) in [5.74, 6) is -1.14. The number of benzene rings is 1. The Morgan fingerprint density at radius 3 is 2.53 bits per heavy atom. The molecule has 3 aromatic rings. The van der Waals surface area contributed by atoms with Crippen LogP contribution in [0.4, 0.5) is 8.78 Å². The zero-order valence-corrected chi connectivity index (χ0v) is 18.9. The first-order valence-electron chi connectivity index (χ1n) is 9.45. The molecule has 2 N–H and O–H groups in total. The van der Waals surface area contributed by atoms with Crippen LogP contribution in [0.25, 0.3) is 0 Å². The monoisotopic (exact) mass is 510 g/mol. The van der Waals surface area contributed by atoms with Gasteiger partial charge in [-0.15, -0.1) is 0 Å². The number of aromatic nitrogens is 3. The Bertz CT molecular complexity index is 1140. The van der Waals surface area contributed by atoms with Crippen LogP contribution in [-0.4, -0.2) is 28.1 Å². The molecule has 8 nitrogen and oxygen atoms in total. The van der Waals surface area contributed by atoms with Crippen molar-refractivity contribution in [2.45, 2.75) is 33.1 Å². The molecule has 0 spiro atoms. The van der Waals surface area contributed by atoms with Gasteiger partial charge in [-0.3, -0.25) is 20.5 Å². The minimum Gasteiger partial charge on any atom is -0.487 e. The fourth-order valence-electron chi connectivity index (χ4n) is 2.75. The van der Waals surface area contributed by atoms with Crippen LogP contribution in [-0.2, 0) is 29.2 Å². The van der Waals surface area contributed by atoms with Crippen molar-refractivity contribution in [1.29, 1.82) is 0 Å². The molecule has 1 atom stereocenters. The molecule has 170 valence electrons. The fourth-order valence-corrected chi connectivity index (χ4v) is 3.19. The summed E-state index contributed by atoms with van der Waals surface area (Å²) in [6.45, 7) is 1.89. The summed E-state index contributed by atoms with van der Waals surface area (Å²) in [7, 11) is 1.43. The highest BCUT2D eigenvalue weighted by Crippen LogP contribution is 2.24. The molecule has 0 aliphatic carbocycles. The Kier molecular flexibility index (Phi) is 8.02. The van der Waals surface area contributed by atoms with E-state index in [-0.39, 0.29) is 41.1 Å². The summed E-state index contributed by atoms with van der Waals surface area (Å²) < 4.78 is 44.1. The molecule has 1 aromatic carbocycles. The number of aryl methyl sites for hydroxylation is 1. The topological polar surface area (TPSA) is 101 Å². The highest BCUT2D eigenvalue weighted by atomic mass is 79.9. The highest BCUT2D eigenvalue weighted by Gasteiger charge is 2.14. The molecule has 2 heterocycles. The van der Waals surface area contributed by atoms with Crippen LogP contribution in [0, 0.1) is 18.6 Å². The molecule has 1 unspecified atom stereocenters. The Hall–Kier alpha value is -2.73. The quantitative estimate of drug-likeness (QED) is 0.441. The van der Waals surface area contributed by atoms with Gasteiger partial charge in [-0.1, -0.05) is 0 Å². The van der Waals surface area contributed by atoms with Gasteiger partial charge in [0.1, 0.15) is 28.5 Å². The second-order valence-electron chi connectivity index (χ2n) is 6.79. The number of methoxy groups -OCH3 is 1. The molecule has 0 aliphatic rings. The van der Waals surface area contributed by atoms with Crippen molar-refractivity contribution < 1.29 is 23.0 Å². The summed E-state index contributed by atoms with van der Waals surface area (Å²) in [5.41, 5.74) is 7.05. The molecule has 3 rings (SSSR count). The summed E-state index contributed by atoms with van der Waals surface area (Å²) in [6, 6.07) is 4.86. The summed E-state index contributed by atoms with van der Waals surface area (Å²) >= 11 is 3.25. The molecular weight excluding hydrogens is 490 g/mol. The largest absolute Gasteiger partial charge is 0.487 e. The molecule has 11 heteroatoms. The molecule has 2 aromatic heterocycles. The van der Waals surface area contributed by atoms with E-state index in [1.807, 2.05) is 0 Å². The summed E-state index contributed by atoms with van der Waals surface area (Å²) in [5, 5.41) is 0. The number of ether oxygens (including phenoxy) is 3. The van der Waals surface area contributed by atoms with Gasteiger partial charge in [-0.25, -0.2) is 8.78 Å². The van der Waals surface area contributed by atoms with Gasteiger partial charge in [0.2, 0.25) is 6.41 Å². The average Bonchev–Trinajstić information content (AvgIpc) is 2.78. The van der Waals surface area contributed by atoms with Crippen molar-refractivity contribution in [3.63, 3.8) is 0 Å². The zero-order chi connectivity index (χ0) is 23.3. The van der Waals surface area contributed by atoms with Gasteiger partial charge >= 0.3 is 0 Å². The lowest BCUT2D eigenvalue weighted by molar-refractivity contribution is -0.127. The van der Waals surface area contributed by atoms with E-state index in [2.05, 4.69) is 25.9 Å². The van der Waals surface area contributed by atoms with Crippen LogP contribution in [0.15, 0.2) is 45.9 Å². The third kappa shape index (κ3) is 5.94. The minimum atomic E-state index is -0.852. The maximum Gasteiger partial charge on any atom is 0.269 e. The number of hydrogen-bond acceptors (Lipinski definition) is 7. The maximum atomic E-state index is 13.8. The molecule has 0 saturated heterocycles. The lowest BCUT2D eigenvalue weighted by Gasteiger charge is -2.15. The van der Waals surface area contributed by atoms with Gasteiger partial charge < -0.3 is 18.8 Å². The molecular formula is C21H21BrF2N4O4. The summed E-state index contributed by atoms with van der Waals surface area (Å²) in [4.78, 5) is 21.4. The van der Waals surface area contributed by atoms with E-state index >= 15 is 0 Å². The number of rotatable bonds is 9. The molecule has 0 amide bonds. The maximum absolute atomic E-state index is 13.8. The van der Waals surface area contributed by atoms with Crippen LogP contribution in [0.2, 0.25) is 0 Å². The van der Waals surface area contributed by atoms with Gasteiger partial charge in [0, 0.05) is 30.5 Å². The number of nitrogens with zero attached hydrogens (tertiary/aromatic N) is 3. The minimum absolute atomic E-state index is 0.132. The van der Waals surface area contributed by atoms with Gasteiger partial charge in [0.05, 0.1) is 36.9 Å². The van der Waals surface area contributed by atoms with Crippen molar-refractivity contribution in [3.8, 4) is 5.75 Å². The van der Waals surface area contributed by atoms with Gasteiger partial charge in [0.25, 0.3) is 5.56 Å². The second-order valence-corrected chi connectivity index (χ2v) is 7.59. The third-order valence-corrected chi connectivity index (χ3v) is 5.25. The third-order valence-electron chi connectivity index (χ3n) is 4.52. The first kappa shape index (κ1) is 23.9.